The van der Waals surface area contributed by atoms with Gasteiger partial charge in [0.05, 0.1) is 36.1 Å². The normalized spacial score (nSPS) is 17.2. The number of aromatic nitrogens is 2. The molecule has 0 radical (unpaired) electrons. The fourth-order valence-corrected chi connectivity index (χ4v) is 4.00. The van der Waals surface area contributed by atoms with Gasteiger partial charge in [-0.2, -0.15) is 5.10 Å². The quantitative estimate of drug-likeness (QED) is 0.717. The molecule has 2 aromatic carbocycles. The number of nitrogens with zero attached hydrogens (tertiary/aromatic N) is 4. The first-order valence-electron chi connectivity index (χ1n) is 9.56. The molecule has 1 fully saturated rings. The second-order valence-corrected chi connectivity index (χ2v) is 7.77. The second kappa shape index (κ2) is 6.51. The number of likely N-dealkylation sites (tertiary alicyclic amines) is 1. The van der Waals surface area contributed by atoms with E-state index in [-0.39, 0.29) is 19.0 Å². The van der Waals surface area contributed by atoms with Gasteiger partial charge in [-0.25, -0.2) is 8.78 Å². The van der Waals surface area contributed by atoms with Crippen molar-refractivity contribution in [1.29, 1.82) is 0 Å². The molecular formula is C21H19F2N5O2. The summed E-state index contributed by atoms with van der Waals surface area (Å²) < 4.78 is 27.8. The molecule has 1 N–H and O–H groups in total. The van der Waals surface area contributed by atoms with Crippen molar-refractivity contribution >= 4 is 34.1 Å². The summed E-state index contributed by atoms with van der Waals surface area (Å²) in [6, 6.07) is 11.3. The summed E-state index contributed by atoms with van der Waals surface area (Å²) in [5.41, 5.74) is 3.76. The molecule has 1 saturated heterocycles. The Hall–Kier alpha value is -3.49. The lowest BCUT2D eigenvalue weighted by molar-refractivity contribution is -0.166. The van der Waals surface area contributed by atoms with E-state index in [0.29, 0.717) is 11.3 Å². The van der Waals surface area contributed by atoms with Gasteiger partial charge in [0.2, 0.25) is 5.91 Å². The minimum Gasteiger partial charge on any atom is -0.355 e. The molecule has 3 heterocycles. The minimum absolute atomic E-state index is 0.204. The highest BCUT2D eigenvalue weighted by Crippen LogP contribution is 2.33. The van der Waals surface area contributed by atoms with Crippen molar-refractivity contribution in [3.63, 3.8) is 0 Å². The van der Waals surface area contributed by atoms with Crippen molar-refractivity contribution in [2.24, 2.45) is 7.05 Å². The van der Waals surface area contributed by atoms with Crippen LogP contribution in [0.1, 0.15) is 15.9 Å². The summed E-state index contributed by atoms with van der Waals surface area (Å²) in [5, 5.41) is 8.49. The first kappa shape index (κ1) is 18.5. The van der Waals surface area contributed by atoms with Crippen LogP contribution >= 0.6 is 0 Å². The van der Waals surface area contributed by atoms with Crippen LogP contribution in [0.5, 0.6) is 0 Å². The van der Waals surface area contributed by atoms with Gasteiger partial charge in [0, 0.05) is 24.7 Å². The van der Waals surface area contributed by atoms with Crippen molar-refractivity contribution in [3.05, 3.63) is 53.7 Å². The average Bonchev–Trinajstić information content (AvgIpc) is 3.20. The number of hydrogen-bond acceptors (Lipinski definition) is 4. The van der Waals surface area contributed by atoms with Crippen LogP contribution in [0.3, 0.4) is 0 Å². The molecule has 2 aliphatic rings. The van der Waals surface area contributed by atoms with Crippen molar-refractivity contribution in [2.45, 2.75) is 12.5 Å². The predicted molar refractivity (Wildman–Crippen MR) is 107 cm³/mol. The lowest BCUT2D eigenvalue weighted by Gasteiger charge is -2.39. The minimum atomic E-state index is -2.82. The molecule has 3 aromatic rings. The number of carbonyl (C=O) groups excluding carboxylic acids is 2. The van der Waals surface area contributed by atoms with E-state index >= 15 is 0 Å². The number of benzene rings is 2. The molecule has 1 aromatic heterocycles. The standard InChI is InChI=1S/C21H19F2N5O2/c1-26-17-6-5-15(7-14(17)8-24-26)25-16-4-2-3-13-9-27(20(30)19(13)16)10-18(29)28-11-21(22,23)12-28/h2-8,25H,9-12H2,1H3. The zero-order chi connectivity index (χ0) is 21.0. The Kier molecular flexibility index (Phi) is 4.02. The van der Waals surface area contributed by atoms with E-state index in [1.807, 2.05) is 43.4 Å². The third-order valence-corrected chi connectivity index (χ3v) is 5.56. The maximum absolute atomic E-state index is 13.0. The molecule has 0 unspecified atom stereocenters. The van der Waals surface area contributed by atoms with Crippen LogP contribution in [0, 0.1) is 0 Å². The van der Waals surface area contributed by atoms with Crippen molar-refractivity contribution in [2.75, 3.05) is 25.0 Å². The Bertz CT molecular complexity index is 1180. The van der Waals surface area contributed by atoms with E-state index in [1.54, 1.807) is 10.9 Å². The molecule has 0 saturated carbocycles. The second-order valence-electron chi connectivity index (χ2n) is 7.77. The third-order valence-electron chi connectivity index (χ3n) is 5.56. The van der Waals surface area contributed by atoms with Crippen molar-refractivity contribution in [1.82, 2.24) is 19.6 Å². The van der Waals surface area contributed by atoms with E-state index in [0.717, 1.165) is 27.1 Å². The number of anilines is 2. The van der Waals surface area contributed by atoms with Crippen molar-refractivity contribution in [3.8, 4) is 0 Å². The number of fused-ring (bicyclic) bond motifs is 2. The molecule has 9 heteroatoms. The van der Waals surface area contributed by atoms with Crippen LogP contribution < -0.4 is 5.32 Å². The molecular weight excluding hydrogens is 392 g/mol. The summed E-state index contributed by atoms with van der Waals surface area (Å²) in [6.45, 7) is -1.08. The number of aryl methyl sites for hydroxylation is 1. The maximum Gasteiger partial charge on any atom is 0.282 e. The number of alkyl halides is 2. The highest BCUT2D eigenvalue weighted by molar-refractivity contribution is 6.05. The fourth-order valence-electron chi connectivity index (χ4n) is 4.00. The summed E-state index contributed by atoms with van der Waals surface area (Å²) in [6.07, 6.45) is 1.77. The van der Waals surface area contributed by atoms with Gasteiger partial charge in [-0.3, -0.25) is 14.3 Å². The molecule has 0 bridgehead atoms. The van der Waals surface area contributed by atoms with E-state index in [4.69, 9.17) is 0 Å². The average molecular weight is 411 g/mol. The third kappa shape index (κ3) is 3.06. The highest BCUT2D eigenvalue weighted by Gasteiger charge is 2.46. The van der Waals surface area contributed by atoms with Gasteiger partial charge in [-0.15, -0.1) is 0 Å². The zero-order valence-corrected chi connectivity index (χ0v) is 16.2. The van der Waals surface area contributed by atoms with E-state index < -0.39 is 24.9 Å². The highest BCUT2D eigenvalue weighted by atomic mass is 19.3. The van der Waals surface area contributed by atoms with E-state index in [1.165, 1.54) is 4.90 Å². The Morgan fingerprint density at radius 3 is 2.80 bits per heavy atom. The van der Waals surface area contributed by atoms with Gasteiger partial charge in [-0.05, 0) is 29.8 Å². The molecule has 2 aliphatic heterocycles. The monoisotopic (exact) mass is 411 g/mol. The summed E-state index contributed by atoms with van der Waals surface area (Å²) in [7, 11) is 1.87. The number of nitrogens with one attached hydrogen (secondary N) is 1. The van der Waals surface area contributed by atoms with Crippen LogP contribution in [0.4, 0.5) is 20.2 Å². The lowest BCUT2D eigenvalue weighted by Crippen LogP contribution is -2.60. The summed E-state index contributed by atoms with van der Waals surface area (Å²) in [5.74, 6) is -3.56. The summed E-state index contributed by atoms with van der Waals surface area (Å²) >= 11 is 0. The number of amides is 2. The first-order valence-corrected chi connectivity index (χ1v) is 9.56. The Labute approximate surface area is 170 Å². The van der Waals surface area contributed by atoms with Crippen LogP contribution in [-0.4, -0.2) is 57.0 Å². The maximum atomic E-state index is 13.0. The fraction of sp³-hybridized carbons (Fsp3) is 0.286. The zero-order valence-electron chi connectivity index (χ0n) is 16.2. The van der Waals surface area contributed by atoms with Crippen LogP contribution in [0.2, 0.25) is 0 Å². The number of hydrogen-bond donors (Lipinski definition) is 1. The Balaban J connectivity index is 1.35. The van der Waals surface area contributed by atoms with Gasteiger partial charge in [0.1, 0.15) is 6.54 Å². The molecule has 5 rings (SSSR count). The Morgan fingerprint density at radius 2 is 2.03 bits per heavy atom. The largest absolute Gasteiger partial charge is 0.355 e. The number of halogens is 2. The molecule has 30 heavy (non-hydrogen) atoms. The number of carbonyl (C=O) groups is 2. The molecule has 2 amide bonds. The Morgan fingerprint density at radius 1 is 1.23 bits per heavy atom. The molecule has 0 spiro atoms. The van der Waals surface area contributed by atoms with E-state index in [2.05, 4.69) is 10.4 Å². The van der Waals surface area contributed by atoms with Gasteiger partial charge < -0.3 is 15.1 Å². The molecule has 0 aliphatic carbocycles. The van der Waals surface area contributed by atoms with Crippen LogP contribution in [-0.2, 0) is 18.4 Å². The van der Waals surface area contributed by atoms with Crippen molar-refractivity contribution < 1.29 is 18.4 Å². The smallest absolute Gasteiger partial charge is 0.282 e. The predicted octanol–water partition coefficient (Wildman–Crippen LogP) is 2.75. The first-order chi connectivity index (χ1) is 14.3. The van der Waals surface area contributed by atoms with Gasteiger partial charge >= 0.3 is 0 Å². The molecule has 7 nitrogen and oxygen atoms in total. The van der Waals surface area contributed by atoms with Gasteiger partial charge in [-0.1, -0.05) is 12.1 Å². The van der Waals surface area contributed by atoms with Gasteiger partial charge in [0.25, 0.3) is 11.8 Å². The molecule has 0 atom stereocenters. The number of rotatable bonds is 4. The SMILES string of the molecule is Cn1ncc2cc(Nc3cccc4c3C(=O)N(CC(=O)N3CC(F)(F)C3)C4)ccc21. The lowest BCUT2D eigenvalue weighted by atomic mass is 10.1. The van der Waals surface area contributed by atoms with Gasteiger partial charge in [0.15, 0.2) is 0 Å². The van der Waals surface area contributed by atoms with Crippen LogP contribution in [0.25, 0.3) is 10.9 Å². The topological polar surface area (TPSA) is 70.5 Å². The summed E-state index contributed by atoms with van der Waals surface area (Å²) in [4.78, 5) is 27.7. The van der Waals surface area contributed by atoms with E-state index in [9.17, 15) is 18.4 Å². The van der Waals surface area contributed by atoms with Crippen LogP contribution in [0.15, 0.2) is 42.6 Å². The molecule has 154 valence electrons.